The molecule has 106 valence electrons. The number of thiophene rings is 1. The van der Waals surface area contributed by atoms with Crippen molar-refractivity contribution in [1.82, 2.24) is 15.0 Å². The molecule has 0 radical (unpaired) electrons. The maximum atomic E-state index is 11.7. The monoisotopic (exact) mass is 295 g/mol. The van der Waals surface area contributed by atoms with Gasteiger partial charge in [0.2, 0.25) is 0 Å². The van der Waals surface area contributed by atoms with Crippen LogP contribution in [0, 0.1) is 6.92 Å². The zero-order valence-electron chi connectivity index (χ0n) is 11.0. The summed E-state index contributed by atoms with van der Waals surface area (Å²) in [6.45, 7) is 1.88. The van der Waals surface area contributed by atoms with Gasteiger partial charge in [0.05, 0.1) is 31.0 Å². The van der Waals surface area contributed by atoms with Gasteiger partial charge in [-0.05, 0) is 13.0 Å². The second-order valence-corrected chi connectivity index (χ2v) is 5.35. The topological polar surface area (TPSA) is 94.3 Å². The van der Waals surface area contributed by atoms with Crippen molar-refractivity contribution in [3.63, 3.8) is 0 Å². The Labute approximate surface area is 118 Å². The van der Waals surface area contributed by atoms with Crippen LogP contribution in [0.3, 0.4) is 0 Å². The van der Waals surface area contributed by atoms with Gasteiger partial charge in [-0.2, -0.15) is 0 Å². The van der Waals surface area contributed by atoms with Crippen LogP contribution in [0.4, 0.5) is 0 Å². The number of esters is 1. The number of aromatic nitrogens is 3. The molecule has 2 heterocycles. The molecular weight excluding hydrogens is 282 g/mol. The molecule has 7 nitrogen and oxygen atoms in total. The van der Waals surface area contributed by atoms with Crippen LogP contribution >= 0.6 is 11.3 Å². The third kappa shape index (κ3) is 3.02. The summed E-state index contributed by atoms with van der Waals surface area (Å²) in [5.74, 6) is -1.33. The Balaban J connectivity index is 2.28. The molecule has 0 unspecified atom stereocenters. The van der Waals surface area contributed by atoms with Gasteiger partial charge in [0.1, 0.15) is 5.00 Å². The second kappa shape index (κ2) is 5.83. The highest BCUT2D eigenvalue weighted by Gasteiger charge is 2.18. The summed E-state index contributed by atoms with van der Waals surface area (Å²) in [7, 11) is 1.32. The predicted octanol–water partition coefficient (Wildman–Crippen LogP) is 1.44. The molecule has 0 saturated heterocycles. The molecule has 0 fully saturated rings. The second-order valence-electron chi connectivity index (χ2n) is 4.12. The zero-order valence-corrected chi connectivity index (χ0v) is 11.8. The molecule has 2 rings (SSSR count). The van der Waals surface area contributed by atoms with E-state index < -0.39 is 11.9 Å². The normalized spacial score (nSPS) is 10.5. The first-order chi connectivity index (χ1) is 9.51. The minimum atomic E-state index is -0.887. The summed E-state index contributed by atoms with van der Waals surface area (Å²) in [6, 6.07) is 1.73. The molecule has 0 aromatic carbocycles. The Bertz CT molecular complexity index is 647. The number of carbonyl (C=O) groups is 2. The van der Waals surface area contributed by atoms with Crippen molar-refractivity contribution in [2.45, 2.75) is 19.8 Å². The van der Waals surface area contributed by atoms with Gasteiger partial charge in [-0.1, -0.05) is 5.21 Å². The third-order valence-electron chi connectivity index (χ3n) is 2.58. The third-order valence-corrected chi connectivity index (χ3v) is 3.63. The fourth-order valence-electron chi connectivity index (χ4n) is 1.68. The Kier molecular flexibility index (Phi) is 4.14. The highest BCUT2D eigenvalue weighted by Crippen LogP contribution is 2.26. The molecule has 0 atom stereocenters. The summed E-state index contributed by atoms with van der Waals surface area (Å²) in [5, 5.41) is 17.1. The summed E-state index contributed by atoms with van der Waals surface area (Å²) >= 11 is 1.39. The van der Waals surface area contributed by atoms with Gasteiger partial charge >= 0.3 is 11.9 Å². The van der Waals surface area contributed by atoms with E-state index in [9.17, 15) is 9.59 Å². The maximum absolute atomic E-state index is 11.7. The standard InChI is InChI=1S/C12H13N3O4S/c1-7-5-9(12(18)19-2)11(20-7)15-6-8(13-14-15)3-4-10(16)17/h5-6H,3-4H2,1-2H3,(H,16,17). The molecular formula is C12H13N3O4S. The van der Waals surface area contributed by atoms with Gasteiger partial charge in [0.15, 0.2) is 0 Å². The number of aryl methyl sites for hydroxylation is 2. The lowest BCUT2D eigenvalue weighted by molar-refractivity contribution is -0.136. The van der Waals surface area contributed by atoms with E-state index in [0.717, 1.165) is 4.88 Å². The number of carboxylic acids is 1. The minimum Gasteiger partial charge on any atom is -0.481 e. The van der Waals surface area contributed by atoms with Crippen molar-refractivity contribution in [2.75, 3.05) is 7.11 Å². The average molecular weight is 295 g/mol. The van der Waals surface area contributed by atoms with E-state index in [1.807, 2.05) is 6.92 Å². The maximum Gasteiger partial charge on any atom is 0.340 e. The number of carbonyl (C=O) groups excluding carboxylic acids is 1. The molecule has 0 aliphatic carbocycles. The first-order valence-electron chi connectivity index (χ1n) is 5.83. The number of hydrogen-bond acceptors (Lipinski definition) is 6. The summed E-state index contributed by atoms with van der Waals surface area (Å²) in [4.78, 5) is 23.2. The van der Waals surface area contributed by atoms with E-state index in [1.165, 1.54) is 23.1 Å². The minimum absolute atomic E-state index is 0.00792. The van der Waals surface area contributed by atoms with Crippen LogP contribution in [-0.4, -0.2) is 39.1 Å². The number of aliphatic carboxylic acids is 1. The van der Waals surface area contributed by atoms with Gasteiger partial charge in [0.25, 0.3) is 0 Å². The highest BCUT2D eigenvalue weighted by molar-refractivity contribution is 7.14. The summed E-state index contributed by atoms with van der Waals surface area (Å²) < 4.78 is 6.20. The Morgan fingerprint density at radius 3 is 2.90 bits per heavy atom. The number of ether oxygens (including phenoxy) is 1. The zero-order chi connectivity index (χ0) is 14.7. The van der Waals surface area contributed by atoms with E-state index in [1.54, 1.807) is 12.3 Å². The molecule has 8 heteroatoms. The molecule has 0 aliphatic rings. The molecule has 2 aromatic heterocycles. The van der Waals surface area contributed by atoms with Gasteiger partial charge < -0.3 is 9.84 Å². The van der Waals surface area contributed by atoms with E-state index >= 15 is 0 Å². The van der Waals surface area contributed by atoms with Gasteiger partial charge in [0, 0.05) is 11.3 Å². The average Bonchev–Trinajstić information content (AvgIpc) is 3.01. The molecule has 0 saturated carbocycles. The largest absolute Gasteiger partial charge is 0.481 e. The fraction of sp³-hybridized carbons (Fsp3) is 0.333. The predicted molar refractivity (Wildman–Crippen MR) is 71.3 cm³/mol. The van der Waals surface area contributed by atoms with Crippen molar-refractivity contribution >= 4 is 23.3 Å². The number of methoxy groups -OCH3 is 1. The van der Waals surface area contributed by atoms with Crippen LogP contribution in [0.1, 0.15) is 27.3 Å². The Hall–Kier alpha value is -2.22. The van der Waals surface area contributed by atoms with E-state index in [4.69, 9.17) is 9.84 Å². The SMILES string of the molecule is COC(=O)c1cc(C)sc1-n1cc(CCC(=O)O)nn1. The first-order valence-corrected chi connectivity index (χ1v) is 6.65. The van der Waals surface area contributed by atoms with E-state index in [2.05, 4.69) is 10.3 Å². The van der Waals surface area contributed by atoms with E-state index in [0.29, 0.717) is 22.7 Å². The van der Waals surface area contributed by atoms with Crippen molar-refractivity contribution in [2.24, 2.45) is 0 Å². The van der Waals surface area contributed by atoms with Gasteiger partial charge in [-0.15, -0.1) is 16.4 Å². The Morgan fingerprint density at radius 2 is 2.25 bits per heavy atom. The van der Waals surface area contributed by atoms with Crippen LogP contribution in [-0.2, 0) is 16.0 Å². The Morgan fingerprint density at radius 1 is 1.50 bits per heavy atom. The van der Waals surface area contributed by atoms with Gasteiger partial charge in [-0.3, -0.25) is 4.79 Å². The first kappa shape index (κ1) is 14.2. The lowest BCUT2D eigenvalue weighted by atomic mass is 10.2. The number of rotatable bonds is 5. The van der Waals surface area contributed by atoms with Gasteiger partial charge in [-0.25, -0.2) is 9.48 Å². The van der Waals surface area contributed by atoms with Crippen LogP contribution in [0.5, 0.6) is 0 Å². The van der Waals surface area contributed by atoms with Crippen LogP contribution < -0.4 is 0 Å². The van der Waals surface area contributed by atoms with Crippen molar-refractivity contribution < 1.29 is 19.4 Å². The number of nitrogens with zero attached hydrogens (tertiary/aromatic N) is 3. The molecule has 20 heavy (non-hydrogen) atoms. The lowest BCUT2D eigenvalue weighted by Gasteiger charge is -2.00. The molecule has 0 amide bonds. The molecule has 0 aliphatic heterocycles. The van der Waals surface area contributed by atoms with E-state index in [-0.39, 0.29) is 6.42 Å². The van der Waals surface area contributed by atoms with Crippen LogP contribution in [0.15, 0.2) is 12.3 Å². The smallest absolute Gasteiger partial charge is 0.340 e. The van der Waals surface area contributed by atoms with Crippen LogP contribution in [0.2, 0.25) is 0 Å². The highest BCUT2D eigenvalue weighted by atomic mass is 32.1. The van der Waals surface area contributed by atoms with Crippen molar-refractivity contribution in [3.05, 3.63) is 28.4 Å². The molecule has 0 bridgehead atoms. The van der Waals surface area contributed by atoms with Crippen molar-refractivity contribution in [3.8, 4) is 5.00 Å². The lowest BCUT2D eigenvalue weighted by Crippen LogP contribution is -2.05. The van der Waals surface area contributed by atoms with Crippen LogP contribution in [0.25, 0.3) is 5.00 Å². The molecule has 2 aromatic rings. The molecule has 0 spiro atoms. The molecule has 1 N–H and O–H groups in total. The van der Waals surface area contributed by atoms with Crippen molar-refractivity contribution in [1.29, 1.82) is 0 Å². The quantitative estimate of drug-likeness (QED) is 0.839. The number of hydrogen-bond donors (Lipinski definition) is 1. The summed E-state index contributed by atoms with van der Waals surface area (Å²) in [5.41, 5.74) is 0.985. The summed E-state index contributed by atoms with van der Waals surface area (Å²) in [6.07, 6.45) is 1.92. The number of carboxylic acid groups (broad SMARTS) is 1. The fourth-order valence-corrected chi connectivity index (χ4v) is 2.59.